The molecule has 0 saturated heterocycles. The van der Waals surface area contributed by atoms with Gasteiger partial charge >= 0.3 is 0 Å². The van der Waals surface area contributed by atoms with E-state index in [0.717, 1.165) is 36.2 Å². The van der Waals surface area contributed by atoms with E-state index in [9.17, 15) is 4.79 Å². The highest BCUT2D eigenvalue weighted by Crippen LogP contribution is 2.35. The third kappa shape index (κ3) is 1.21. The van der Waals surface area contributed by atoms with Crippen LogP contribution >= 0.6 is 0 Å². The molecule has 0 N–H and O–H groups in total. The molecular weight excluding hydrogens is 162 g/mol. The van der Waals surface area contributed by atoms with Gasteiger partial charge in [-0.15, -0.1) is 0 Å². The first-order valence-corrected chi connectivity index (χ1v) is 4.92. The van der Waals surface area contributed by atoms with Gasteiger partial charge in [-0.2, -0.15) is 0 Å². The highest BCUT2D eigenvalue weighted by molar-refractivity contribution is 6.02. The van der Waals surface area contributed by atoms with Crippen molar-refractivity contribution in [3.63, 3.8) is 0 Å². The minimum absolute atomic E-state index is 0.304. The third-order valence-corrected chi connectivity index (χ3v) is 2.78. The second-order valence-corrected chi connectivity index (χ2v) is 3.63. The lowest BCUT2D eigenvalue weighted by molar-refractivity contribution is -0.115. The molecule has 1 aliphatic heterocycles. The number of hydrogen-bond donors (Lipinski definition) is 0. The minimum atomic E-state index is 0.304. The van der Waals surface area contributed by atoms with Crippen LogP contribution in [0.2, 0.25) is 0 Å². The maximum absolute atomic E-state index is 11.6. The van der Waals surface area contributed by atoms with E-state index in [1.165, 1.54) is 5.57 Å². The molecule has 0 aromatic heterocycles. The summed E-state index contributed by atoms with van der Waals surface area (Å²) >= 11 is 0. The smallest absolute Gasteiger partial charge is 0.165 e. The van der Waals surface area contributed by atoms with E-state index >= 15 is 0 Å². The summed E-state index contributed by atoms with van der Waals surface area (Å²) in [4.78, 5) is 11.6. The van der Waals surface area contributed by atoms with Crippen LogP contribution in [0.25, 0.3) is 0 Å². The summed E-state index contributed by atoms with van der Waals surface area (Å²) in [6, 6.07) is 0. The van der Waals surface area contributed by atoms with Crippen molar-refractivity contribution >= 4 is 5.78 Å². The fourth-order valence-electron chi connectivity index (χ4n) is 2.17. The number of carbonyl (C=O) groups is 1. The van der Waals surface area contributed by atoms with E-state index in [2.05, 4.69) is 12.2 Å². The molecule has 0 fully saturated rings. The molecule has 0 aromatic rings. The summed E-state index contributed by atoms with van der Waals surface area (Å²) in [5.41, 5.74) is 4.24. The van der Waals surface area contributed by atoms with Gasteiger partial charge in [0.1, 0.15) is 0 Å². The molecule has 0 amide bonds. The van der Waals surface area contributed by atoms with Crippen LogP contribution in [0.15, 0.2) is 22.5 Å². The highest BCUT2D eigenvalue weighted by Gasteiger charge is 2.29. The van der Waals surface area contributed by atoms with Crippen molar-refractivity contribution in [3.05, 3.63) is 22.5 Å². The zero-order valence-corrected chi connectivity index (χ0v) is 8.18. The summed E-state index contributed by atoms with van der Waals surface area (Å²) in [7, 11) is 0. The summed E-state index contributed by atoms with van der Waals surface area (Å²) in [6.07, 6.45) is 3.61. The molecule has 69 valence electrons. The van der Waals surface area contributed by atoms with Crippen LogP contribution < -0.4 is 5.32 Å². The number of hydrogen-bond acceptors (Lipinski definition) is 1. The maximum Gasteiger partial charge on any atom is 0.165 e. The molecule has 0 aromatic carbocycles. The molecule has 2 heteroatoms. The van der Waals surface area contributed by atoms with Crippen LogP contribution in [0.1, 0.15) is 39.5 Å². The monoisotopic (exact) mass is 176 g/mol. The predicted octanol–water partition coefficient (Wildman–Crippen LogP) is 2.30. The molecule has 0 atom stereocenters. The standard InChI is InChI=1S/C11H14NO/c1-3-8-7(2)12-9-5-4-6-10(13)11(8)9/h3-6H2,1-2H3. The Morgan fingerprint density at radius 3 is 2.85 bits per heavy atom. The fraction of sp³-hybridized carbons (Fsp3) is 0.545. The Bertz CT molecular complexity index is 323. The maximum atomic E-state index is 11.6. The quantitative estimate of drug-likeness (QED) is 0.603. The molecule has 0 bridgehead atoms. The molecule has 0 spiro atoms. The van der Waals surface area contributed by atoms with Gasteiger partial charge in [-0.1, -0.05) is 6.92 Å². The first-order chi connectivity index (χ1) is 6.24. The van der Waals surface area contributed by atoms with Crippen molar-refractivity contribution < 1.29 is 4.79 Å². The van der Waals surface area contributed by atoms with Crippen LogP contribution in [0, 0.1) is 0 Å². The number of Topliss-reactive ketones (excluding diaryl/α,β-unsaturated/α-hetero) is 1. The summed E-state index contributed by atoms with van der Waals surface area (Å²) < 4.78 is 0. The van der Waals surface area contributed by atoms with Crippen molar-refractivity contribution in [1.82, 2.24) is 5.32 Å². The van der Waals surface area contributed by atoms with Gasteiger partial charge in [0.15, 0.2) is 5.78 Å². The van der Waals surface area contributed by atoms with E-state index in [1.54, 1.807) is 0 Å². The first kappa shape index (κ1) is 8.54. The molecule has 1 aliphatic carbocycles. The van der Waals surface area contributed by atoms with E-state index in [4.69, 9.17) is 0 Å². The first-order valence-electron chi connectivity index (χ1n) is 4.92. The summed E-state index contributed by atoms with van der Waals surface area (Å²) in [6.45, 7) is 4.09. The molecule has 0 unspecified atom stereocenters. The topological polar surface area (TPSA) is 31.2 Å². The SMILES string of the molecule is CCC1=C(C)[N]C2=C1C(=O)CCC2. The zero-order valence-electron chi connectivity index (χ0n) is 8.18. The molecule has 0 saturated carbocycles. The van der Waals surface area contributed by atoms with Crippen LogP contribution in [0.3, 0.4) is 0 Å². The molecule has 2 aliphatic rings. The molecule has 1 heterocycles. The molecule has 2 nitrogen and oxygen atoms in total. The van der Waals surface area contributed by atoms with Crippen molar-refractivity contribution in [3.8, 4) is 0 Å². The predicted molar refractivity (Wildman–Crippen MR) is 51.0 cm³/mol. The van der Waals surface area contributed by atoms with E-state index < -0.39 is 0 Å². The molecular formula is C11H14NO. The number of nitrogens with zero attached hydrogens (tertiary/aromatic N) is 1. The molecule has 13 heavy (non-hydrogen) atoms. The number of carbonyl (C=O) groups excluding carboxylic acids is 1. The fourth-order valence-corrected chi connectivity index (χ4v) is 2.17. The lowest BCUT2D eigenvalue weighted by atomic mass is 9.90. The van der Waals surface area contributed by atoms with Gasteiger partial charge in [0.05, 0.1) is 5.70 Å². The van der Waals surface area contributed by atoms with E-state index in [0.29, 0.717) is 12.2 Å². The van der Waals surface area contributed by atoms with Gasteiger partial charge in [-0.25, -0.2) is 0 Å². The van der Waals surface area contributed by atoms with Crippen molar-refractivity contribution in [1.29, 1.82) is 0 Å². The number of ketones is 1. The average Bonchev–Trinajstić information content (AvgIpc) is 2.42. The van der Waals surface area contributed by atoms with Crippen molar-refractivity contribution in [2.75, 3.05) is 0 Å². The second kappa shape index (κ2) is 3.02. The Morgan fingerprint density at radius 2 is 2.15 bits per heavy atom. The Balaban J connectivity index is 2.41. The Labute approximate surface area is 78.7 Å². The minimum Gasteiger partial charge on any atom is -0.294 e. The van der Waals surface area contributed by atoms with Gasteiger partial charge in [-0.05, 0) is 31.8 Å². The third-order valence-electron chi connectivity index (χ3n) is 2.78. The van der Waals surface area contributed by atoms with Crippen molar-refractivity contribution in [2.24, 2.45) is 0 Å². The van der Waals surface area contributed by atoms with Gasteiger partial charge in [0, 0.05) is 17.7 Å². The number of rotatable bonds is 1. The highest BCUT2D eigenvalue weighted by atomic mass is 16.1. The van der Waals surface area contributed by atoms with Gasteiger partial charge in [0.2, 0.25) is 0 Å². The summed E-state index contributed by atoms with van der Waals surface area (Å²) in [5, 5.41) is 4.45. The molecule has 1 radical (unpaired) electrons. The van der Waals surface area contributed by atoms with Crippen LogP contribution in [-0.4, -0.2) is 5.78 Å². The zero-order chi connectivity index (χ0) is 9.42. The van der Waals surface area contributed by atoms with E-state index in [-0.39, 0.29) is 0 Å². The van der Waals surface area contributed by atoms with Crippen molar-refractivity contribution in [2.45, 2.75) is 39.5 Å². The van der Waals surface area contributed by atoms with Gasteiger partial charge in [-0.3, -0.25) is 10.1 Å². The van der Waals surface area contributed by atoms with E-state index in [1.807, 2.05) is 6.92 Å². The average molecular weight is 176 g/mol. The largest absolute Gasteiger partial charge is 0.294 e. The Morgan fingerprint density at radius 1 is 1.38 bits per heavy atom. The lowest BCUT2D eigenvalue weighted by Crippen LogP contribution is -2.12. The lowest BCUT2D eigenvalue weighted by Gasteiger charge is -2.12. The van der Waals surface area contributed by atoms with Crippen LogP contribution in [-0.2, 0) is 4.79 Å². The molecule has 2 rings (SSSR count). The van der Waals surface area contributed by atoms with Gasteiger partial charge in [0.25, 0.3) is 0 Å². The Kier molecular flexibility index (Phi) is 1.98. The van der Waals surface area contributed by atoms with Gasteiger partial charge < -0.3 is 0 Å². The van der Waals surface area contributed by atoms with Crippen LogP contribution in [0.4, 0.5) is 0 Å². The van der Waals surface area contributed by atoms with Crippen LogP contribution in [0.5, 0.6) is 0 Å². The number of allylic oxidation sites excluding steroid dienone is 4. The second-order valence-electron chi connectivity index (χ2n) is 3.63. The Hall–Kier alpha value is -1.05. The summed E-state index contributed by atoms with van der Waals surface area (Å²) in [5.74, 6) is 0.304. The normalized spacial score (nSPS) is 22.2.